The molecule has 5 nitrogen and oxygen atoms in total. The zero-order valence-electron chi connectivity index (χ0n) is 12.7. The van der Waals surface area contributed by atoms with Gasteiger partial charge in [-0.2, -0.15) is 0 Å². The maximum Gasteiger partial charge on any atom is 0.316 e. The van der Waals surface area contributed by atoms with E-state index in [2.05, 4.69) is 11.1 Å². The number of rotatable bonds is 4. The van der Waals surface area contributed by atoms with Crippen LogP contribution >= 0.6 is 0 Å². The molecule has 5 heteroatoms. The highest BCUT2D eigenvalue weighted by molar-refractivity contribution is 6.20. The first-order valence-corrected chi connectivity index (χ1v) is 6.82. The summed E-state index contributed by atoms with van der Waals surface area (Å²) in [5, 5.41) is 3.85. The first-order valence-electron chi connectivity index (χ1n) is 6.82. The maximum absolute atomic E-state index is 12.2. The summed E-state index contributed by atoms with van der Waals surface area (Å²) in [6, 6.07) is 0. The van der Waals surface area contributed by atoms with Crippen LogP contribution in [0.4, 0.5) is 0 Å². The predicted octanol–water partition coefficient (Wildman–Crippen LogP) is 1.87. The van der Waals surface area contributed by atoms with E-state index in [1.807, 2.05) is 13.8 Å². The third-order valence-electron chi connectivity index (χ3n) is 4.20. The van der Waals surface area contributed by atoms with Gasteiger partial charge in [-0.1, -0.05) is 19.0 Å². The van der Waals surface area contributed by atoms with Crippen LogP contribution in [0.3, 0.4) is 0 Å². The Morgan fingerprint density at radius 1 is 1.52 bits per heavy atom. The number of allylic oxidation sites excluding steroid dienone is 1. The Labute approximate surface area is 124 Å². The van der Waals surface area contributed by atoms with E-state index in [1.54, 1.807) is 6.92 Å². The average Bonchev–Trinajstić information content (AvgIpc) is 2.85. The van der Waals surface area contributed by atoms with Crippen LogP contribution in [0.25, 0.3) is 0 Å². The molecule has 0 N–H and O–H groups in total. The molecule has 0 aromatic carbocycles. The van der Waals surface area contributed by atoms with Crippen LogP contribution in [0.2, 0.25) is 0 Å². The molecule has 1 fully saturated rings. The van der Waals surface area contributed by atoms with E-state index in [1.165, 1.54) is 7.11 Å². The number of esters is 1. The smallest absolute Gasteiger partial charge is 0.316 e. The lowest BCUT2D eigenvalue weighted by Gasteiger charge is -2.13. The van der Waals surface area contributed by atoms with E-state index in [0.29, 0.717) is 11.3 Å². The molecule has 0 aromatic rings. The summed E-state index contributed by atoms with van der Waals surface area (Å²) in [6.07, 6.45) is 5.21. The van der Waals surface area contributed by atoms with E-state index >= 15 is 0 Å². The Hall–Kier alpha value is -2.09. The SMILES string of the molecule is C#CCC1=C(C)[C@@H](OC(=O)[C@H]2/C(=N\OC)C2(C)C)CC1=O. The van der Waals surface area contributed by atoms with Crippen molar-refractivity contribution in [3.8, 4) is 12.3 Å². The van der Waals surface area contributed by atoms with E-state index in [4.69, 9.17) is 16.0 Å². The summed E-state index contributed by atoms with van der Waals surface area (Å²) in [6.45, 7) is 5.60. The molecule has 0 aromatic heterocycles. The van der Waals surface area contributed by atoms with Crippen LogP contribution in [0, 0.1) is 23.7 Å². The molecule has 2 atom stereocenters. The van der Waals surface area contributed by atoms with Gasteiger partial charge in [-0.15, -0.1) is 12.3 Å². The number of hydrogen-bond acceptors (Lipinski definition) is 5. The second kappa shape index (κ2) is 5.36. The molecule has 0 unspecified atom stereocenters. The first-order chi connectivity index (χ1) is 9.84. The van der Waals surface area contributed by atoms with Crippen LogP contribution in [-0.4, -0.2) is 30.7 Å². The number of terminal acetylenes is 1. The standard InChI is InChI=1S/C16H19NO4/c1-6-7-10-9(2)12(8-11(10)18)21-15(19)13-14(17-20-5)16(13,3)4/h1,12-13H,7-8H2,2-5H3/b17-14+/t12-,13+/m0/s1. The highest BCUT2D eigenvalue weighted by Crippen LogP contribution is 2.49. The summed E-state index contributed by atoms with van der Waals surface area (Å²) in [7, 11) is 1.44. The van der Waals surface area contributed by atoms with Crippen molar-refractivity contribution in [3.05, 3.63) is 11.1 Å². The molecule has 0 aliphatic heterocycles. The molecular formula is C16H19NO4. The van der Waals surface area contributed by atoms with E-state index in [-0.39, 0.29) is 30.0 Å². The van der Waals surface area contributed by atoms with Gasteiger partial charge in [0.05, 0.1) is 12.1 Å². The molecule has 21 heavy (non-hydrogen) atoms. The number of nitrogens with zero attached hydrogens (tertiary/aromatic N) is 1. The number of ketones is 1. The average molecular weight is 289 g/mol. The lowest BCUT2D eigenvalue weighted by molar-refractivity contribution is -0.149. The number of Topliss-reactive ketones (excluding diaryl/α,β-unsaturated/α-hetero) is 1. The second-order valence-corrected chi connectivity index (χ2v) is 5.91. The fourth-order valence-electron chi connectivity index (χ4n) is 2.74. The summed E-state index contributed by atoms with van der Waals surface area (Å²) in [5.74, 6) is 1.65. The minimum atomic E-state index is -0.506. The summed E-state index contributed by atoms with van der Waals surface area (Å²) >= 11 is 0. The Bertz CT molecular complexity index is 592. The normalized spacial score (nSPS) is 28.5. The molecule has 2 aliphatic carbocycles. The van der Waals surface area contributed by atoms with Gasteiger partial charge in [0.2, 0.25) is 0 Å². The highest BCUT2D eigenvalue weighted by Gasteiger charge is 2.61. The Morgan fingerprint density at radius 2 is 2.19 bits per heavy atom. The fraction of sp³-hybridized carbons (Fsp3) is 0.562. The van der Waals surface area contributed by atoms with E-state index in [0.717, 1.165) is 5.57 Å². The van der Waals surface area contributed by atoms with Crippen LogP contribution < -0.4 is 0 Å². The first kappa shape index (κ1) is 15.3. The molecule has 0 spiro atoms. The van der Waals surface area contributed by atoms with Crippen molar-refractivity contribution in [1.82, 2.24) is 0 Å². The molecule has 2 rings (SSSR count). The maximum atomic E-state index is 12.2. The highest BCUT2D eigenvalue weighted by atomic mass is 16.6. The lowest BCUT2D eigenvalue weighted by atomic mass is 10.1. The zero-order chi connectivity index (χ0) is 15.8. The predicted molar refractivity (Wildman–Crippen MR) is 77.4 cm³/mol. The van der Waals surface area contributed by atoms with Gasteiger partial charge in [-0.25, -0.2) is 0 Å². The monoisotopic (exact) mass is 289 g/mol. The molecule has 0 radical (unpaired) electrons. The molecule has 0 bridgehead atoms. The lowest BCUT2D eigenvalue weighted by Crippen LogP contribution is -2.20. The van der Waals surface area contributed by atoms with Gasteiger partial charge >= 0.3 is 5.97 Å². The van der Waals surface area contributed by atoms with Gasteiger partial charge in [-0.05, 0) is 12.5 Å². The minimum Gasteiger partial charge on any atom is -0.457 e. The van der Waals surface area contributed by atoms with Crippen LogP contribution in [-0.2, 0) is 19.2 Å². The molecule has 0 heterocycles. The molecule has 0 saturated heterocycles. The topological polar surface area (TPSA) is 65.0 Å². The van der Waals surface area contributed by atoms with Crippen molar-refractivity contribution in [2.24, 2.45) is 16.5 Å². The van der Waals surface area contributed by atoms with Crippen molar-refractivity contribution in [1.29, 1.82) is 0 Å². The van der Waals surface area contributed by atoms with Crippen molar-refractivity contribution in [2.75, 3.05) is 7.11 Å². The summed E-state index contributed by atoms with van der Waals surface area (Å²) < 4.78 is 5.48. The van der Waals surface area contributed by atoms with Crippen molar-refractivity contribution < 1.29 is 19.2 Å². The van der Waals surface area contributed by atoms with Gasteiger partial charge < -0.3 is 9.57 Å². The Balaban J connectivity index is 2.08. The molecule has 0 amide bonds. The third kappa shape index (κ3) is 2.58. The minimum absolute atomic E-state index is 0.0379. The summed E-state index contributed by atoms with van der Waals surface area (Å²) in [4.78, 5) is 28.8. The number of carbonyl (C=O) groups excluding carboxylic acids is 2. The Morgan fingerprint density at radius 3 is 2.76 bits per heavy atom. The molecule has 1 saturated carbocycles. The van der Waals surface area contributed by atoms with Crippen molar-refractivity contribution in [2.45, 2.75) is 39.7 Å². The molecular weight excluding hydrogens is 270 g/mol. The second-order valence-electron chi connectivity index (χ2n) is 5.91. The van der Waals surface area contributed by atoms with E-state index in [9.17, 15) is 9.59 Å². The van der Waals surface area contributed by atoms with Crippen LogP contribution in [0.1, 0.15) is 33.6 Å². The van der Waals surface area contributed by atoms with Gasteiger partial charge in [0.15, 0.2) is 5.78 Å². The molecule has 112 valence electrons. The number of hydrogen-bond donors (Lipinski definition) is 0. The van der Waals surface area contributed by atoms with Gasteiger partial charge in [0.25, 0.3) is 0 Å². The number of carbonyl (C=O) groups is 2. The fourth-order valence-corrected chi connectivity index (χ4v) is 2.74. The Kier molecular flexibility index (Phi) is 3.91. The van der Waals surface area contributed by atoms with Gasteiger partial charge in [0.1, 0.15) is 19.1 Å². The van der Waals surface area contributed by atoms with Crippen molar-refractivity contribution >= 4 is 17.5 Å². The van der Waals surface area contributed by atoms with Crippen LogP contribution in [0.15, 0.2) is 16.3 Å². The quantitative estimate of drug-likeness (QED) is 0.450. The van der Waals surface area contributed by atoms with Crippen LogP contribution in [0.5, 0.6) is 0 Å². The van der Waals surface area contributed by atoms with Gasteiger partial charge in [-0.3, -0.25) is 9.59 Å². The number of oxime groups is 1. The molecule has 2 aliphatic rings. The number of ether oxygens (including phenoxy) is 1. The van der Waals surface area contributed by atoms with E-state index < -0.39 is 12.0 Å². The third-order valence-corrected chi connectivity index (χ3v) is 4.20. The summed E-state index contributed by atoms with van der Waals surface area (Å²) in [5.41, 5.74) is 1.67. The van der Waals surface area contributed by atoms with Gasteiger partial charge in [0, 0.05) is 17.4 Å². The zero-order valence-corrected chi connectivity index (χ0v) is 12.7. The van der Waals surface area contributed by atoms with Crippen molar-refractivity contribution in [3.63, 3.8) is 0 Å². The largest absolute Gasteiger partial charge is 0.457 e.